The second-order valence-electron chi connectivity index (χ2n) is 9.34. The van der Waals surface area contributed by atoms with Crippen molar-refractivity contribution in [2.24, 2.45) is 13.0 Å². The number of alkyl halides is 3. The van der Waals surface area contributed by atoms with E-state index in [4.69, 9.17) is 11.6 Å². The van der Waals surface area contributed by atoms with Crippen molar-refractivity contribution in [2.75, 3.05) is 31.5 Å². The molecule has 0 aliphatic carbocycles. The predicted octanol–water partition coefficient (Wildman–Crippen LogP) is 4.30. The van der Waals surface area contributed by atoms with Crippen LogP contribution < -0.4 is 10.6 Å². The maximum Gasteiger partial charge on any atom is 0.435 e. The van der Waals surface area contributed by atoms with Crippen LogP contribution in [0.5, 0.6) is 0 Å². The van der Waals surface area contributed by atoms with Gasteiger partial charge >= 0.3 is 6.18 Å². The molecule has 0 spiro atoms. The van der Waals surface area contributed by atoms with Gasteiger partial charge in [-0.25, -0.2) is 4.98 Å². The number of nitrogens with one attached hydrogen (secondary N) is 2. The zero-order valence-corrected chi connectivity index (χ0v) is 22.0. The third-order valence-electron chi connectivity index (χ3n) is 6.55. The van der Waals surface area contributed by atoms with Gasteiger partial charge in [-0.05, 0) is 24.1 Å². The number of halogens is 4. The van der Waals surface area contributed by atoms with Gasteiger partial charge in [-0.1, -0.05) is 31.9 Å². The van der Waals surface area contributed by atoms with Crippen molar-refractivity contribution < 1.29 is 22.8 Å². The molecule has 0 bridgehead atoms. The Hall–Kier alpha value is -3.38. The van der Waals surface area contributed by atoms with Crippen LogP contribution in [-0.4, -0.2) is 62.2 Å². The van der Waals surface area contributed by atoms with Crippen LogP contribution in [0, 0.1) is 5.92 Å². The minimum Gasteiger partial charge on any atom is -0.336 e. The average molecular weight is 552 g/mol. The highest BCUT2D eigenvalue weighted by molar-refractivity contribution is 6.34. The number of piperazine rings is 1. The molecular formula is C25H29ClF3N7O2. The smallest absolute Gasteiger partial charge is 0.336 e. The van der Waals surface area contributed by atoms with E-state index < -0.39 is 17.8 Å². The first-order chi connectivity index (χ1) is 18.0. The molecule has 0 radical (unpaired) electrons. The molecule has 1 fully saturated rings. The molecule has 4 rings (SSSR count). The number of hydrogen-bond acceptors (Lipinski definition) is 5. The number of carbonyl (C=O) groups is 2. The van der Waals surface area contributed by atoms with Crippen LogP contribution in [0.3, 0.4) is 0 Å². The summed E-state index contributed by atoms with van der Waals surface area (Å²) in [5.74, 6) is -0.795. The van der Waals surface area contributed by atoms with Crippen molar-refractivity contribution in [1.82, 2.24) is 29.5 Å². The summed E-state index contributed by atoms with van der Waals surface area (Å²) in [7, 11) is 1.46. The van der Waals surface area contributed by atoms with Gasteiger partial charge in [0.1, 0.15) is 0 Å². The molecule has 38 heavy (non-hydrogen) atoms. The van der Waals surface area contributed by atoms with Crippen LogP contribution >= 0.6 is 11.6 Å². The number of aromatic nitrogens is 4. The molecule has 1 saturated heterocycles. The van der Waals surface area contributed by atoms with E-state index in [0.29, 0.717) is 44.0 Å². The molecule has 204 valence electrons. The summed E-state index contributed by atoms with van der Waals surface area (Å²) >= 11 is 6.35. The van der Waals surface area contributed by atoms with E-state index in [-0.39, 0.29) is 33.9 Å². The van der Waals surface area contributed by atoms with Crippen LogP contribution in [-0.2, 0) is 19.8 Å². The molecule has 2 aromatic heterocycles. The fourth-order valence-corrected chi connectivity index (χ4v) is 4.48. The first-order valence-electron chi connectivity index (χ1n) is 12.3. The highest BCUT2D eigenvalue weighted by Gasteiger charge is 2.38. The van der Waals surface area contributed by atoms with Gasteiger partial charge in [0.2, 0.25) is 0 Å². The lowest BCUT2D eigenvalue weighted by atomic mass is 10.1. The number of nitrogens with zero attached hydrogens (tertiary/aromatic N) is 5. The number of imidazole rings is 1. The standard InChI is InChI=1S/C25H29ClF3N7O2/c1-4-15(2)13-36-14-18(21(33-36)25(27,28)29)20-12-31-22(34(20)3)23(37)32-16-5-6-17(19(26)11-16)24(38)35-9-7-30-8-10-35/h5-6,11-12,14-15,30H,4,7-10,13H2,1-3H3,(H,32,37). The first-order valence-corrected chi connectivity index (χ1v) is 12.6. The molecule has 3 heterocycles. The van der Waals surface area contributed by atoms with Crippen LogP contribution in [0.4, 0.5) is 18.9 Å². The number of hydrogen-bond donors (Lipinski definition) is 2. The minimum atomic E-state index is -4.68. The molecule has 3 aromatic rings. The summed E-state index contributed by atoms with van der Waals surface area (Å²) in [5.41, 5.74) is -0.451. The van der Waals surface area contributed by atoms with Gasteiger partial charge in [0.05, 0.1) is 28.0 Å². The minimum absolute atomic E-state index is 0.0973. The van der Waals surface area contributed by atoms with Crippen LogP contribution in [0.15, 0.2) is 30.6 Å². The van der Waals surface area contributed by atoms with Crippen molar-refractivity contribution in [1.29, 1.82) is 0 Å². The number of amides is 2. The summed E-state index contributed by atoms with van der Waals surface area (Å²) < 4.78 is 43.9. The van der Waals surface area contributed by atoms with E-state index in [1.165, 1.54) is 40.8 Å². The maximum atomic E-state index is 13.8. The highest BCUT2D eigenvalue weighted by atomic mass is 35.5. The van der Waals surface area contributed by atoms with Crippen LogP contribution in [0.2, 0.25) is 5.02 Å². The number of rotatable bonds is 7. The van der Waals surface area contributed by atoms with Gasteiger partial charge in [-0.3, -0.25) is 14.3 Å². The van der Waals surface area contributed by atoms with Gasteiger partial charge < -0.3 is 20.1 Å². The molecular weight excluding hydrogens is 523 g/mol. The summed E-state index contributed by atoms with van der Waals surface area (Å²) in [5, 5.41) is 9.78. The average Bonchev–Trinajstić information content (AvgIpc) is 3.47. The predicted molar refractivity (Wildman–Crippen MR) is 137 cm³/mol. The fraction of sp³-hybridized carbons (Fsp3) is 0.440. The second kappa shape index (κ2) is 11.2. The molecule has 1 aliphatic rings. The van der Waals surface area contributed by atoms with Crippen LogP contribution in [0.25, 0.3) is 11.3 Å². The molecule has 13 heteroatoms. The number of carbonyl (C=O) groups excluding carboxylic acids is 2. The summed E-state index contributed by atoms with van der Waals surface area (Å²) in [6, 6.07) is 4.54. The molecule has 1 aromatic carbocycles. The van der Waals surface area contributed by atoms with E-state index >= 15 is 0 Å². The summed E-state index contributed by atoms with van der Waals surface area (Å²) in [4.78, 5) is 31.5. The molecule has 1 unspecified atom stereocenters. The number of anilines is 1. The van der Waals surface area contributed by atoms with Gasteiger partial charge in [-0.2, -0.15) is 18.3 Å². The lowest BCUT2D eigenvalue weighted by Crippen LogP contribution is -2.46. The lowest BCUT2D eigenvalue weighted by molar-refractivity contribution is -0.141. The lowest BCUT2D eigenvalue weighted by Gasteiger charge is -2.27. The largest absolute Gasteiger partial charge is 0.435 e. The molecule has 1 aliphatic heterocycles. The second-order valence-corrected chi connectivity index (χ2v) is 9.75. The monoisotopic (exact) mass is 551 g/mol. The van der Waals surface area contributed by atoms with E-state index in [1.807, 2.05) is 13.8 Å². The van der Waals surface area contributed by atoms with E-state index in [0.717, 1.165) is 6.42 Å². The number of benzene rings is 1. The Morgan fingerprint density at radius 2 is 1.95 bits per heavy atom. The van der Waals surface area contributed by atoms with Crippen LogP contribution in [0.1, 0.15) is 46.9 Å². The zero-order chi connectivity index (χ0) is 27.6. The van der Waals surface area contributed by atoms with Crippen molar-refractivity contribution >= 4 is 29.1 Å². The normalized spacial score (nSPS) is 15.0. The van der Waals surface area contributed by atoms with E-state index in [2.05, 4.69) is 20.7 Å². The molecule has 1 atom stereocenters. The van der Waals surface area contributed by atoms with Crippen molar-refractivity contribution in [2.45, 2.75) is 33.0 Å². The SMILES string of the molecule is CCC(C)Cn1cc(-c2cnc(C(=O)Nc3ccc(C(=O)N4CCNCC4)c(Cl)c3)n2C)c(C(F)(F)F)n1. The van der Waals surface area contributed by atoms with Gasteiger partial charge in [0, 0.05) is 51.7 Å². The Morgan fingerprint density at radius 3 is 2.58 bits per heavy atom. The van der Waals surface area contributed by atoms with Gasteiger partial charge in [0.25, 0.3) is 11.8 Å². The molecule has 9 nitrogen and oxygen atoms in total. The topological polar surface area (TPSA) is 97.1 Å². The van der Waals surface area contributed by atoms with Gasteiger partial charge in [0.15, 0.2) is 11.5 Å². The Bertz CT molecular complexity index is 1330. The molecule has 2 amide bonds. The Labute approximate surface area is 223 Å². The third kappa shape index (κ3) is 5.86. The Morgan fingerprint density at radius 1 is 1.24 bits per heavy atom. The first kappa shape index (κ1) is 27.6. The van der Waals surface area contributed by atoms with E-state index in [1.54, 1.807) is 11.0 Å². The summed E-state index contributed by atoms with van der Waals surface area (Å²) in [6.45, 7) is 6.76. The Kier molecular flexibility index (Phi) is 8.12. The zero-order valence-electron chi connectivity index (χ0n) is 21.3. The molecule has 2 N–H and O–H groups in total. The maximum absolute atomic E-state index is 13.8. The van der Waals surface area contributed by atoms with Crippen molar-refractivity contribution in [3.05, 3.63) is 52.7 Å². The van der Waals surface area contributed by atoms with Gasteiger partial charge in [-0.15, -0.1) is 0 Å². The fourth-order valence-electron chi connectivity index (χ4n) is 4.22. The van der Waals surface area contributed by atoms with E-state index in [9.17, 15) is 22.8 Å². The quantitative estimate of drug-likeness (QED) is 0.456. The summed E-state index contributed by atoms with van der Waals surface area (Å²) in [6.07, 6.45) is -1.33. The third-order valence-corrected chi connectivity index (χ3v) is 6.87. The highest BCUT2D eigenvalue weighted by Crippen LogP contribution is 2.36. The van der Waals surface area contributed by atoms with Crippen molar-refractivity contribution in [3.63, 3.8) is 0 Å². The molecule has 0 saturated carbocycles. The Balaban J connectivity index is 1.55. The van der Waals surface area contributed by atoms with Crippen molar-refractivity contribution in [3.8, 4) is 11.3 Å².